The number of methoxy groups -OCH3 is 1. The molecule has 1 saturated heterocycles. The van der Waals surface area contributed by atoms with E-state index in [1.807, 2.05) is 0 Å². The number of carbonyl (C=O) groups excluding carboxylic acids is 1. The van der Waals surface area contributed by atoms with E-state index in [9.17, 15) is 4.79 Å². The summed E-state index contributed by atoms with van der Waals surface area (Å²) >= 11 is 11.3. The van der Waals surface area contributed by atoms with E-state index in [2.05, 4.69) is 30.1 Å². The zero-order valence-corrected chi connectivity index (χ0v) is 19.2. The number of aromatic nitrogens is 1. The summed E-state index contributed by atoms with van der Waals surface area (Å²) in [5.74, 6) is 0.172. The molecule has 4 rings (SSSR count). The number of anilines is 1. The molecule has 0 aliphatic carbocycles. The molecule has 0 radical (unpaired) electrons. The Morgan fingerprint density at radius 3 is 2.73 bits per heavy atom. The van der Waals surface area contributed by atoms with Crippen molar-refractivity contribution >= 4 is 61.3 Å². The van der Waals surface area contributed by atoms with Crippen molar-refractivity contribution in [1.29, 1.82) is 0 Å². The standard InChI is InChI=1S/C21H18BrClFN3O2S/c1-29-13-3-4-16(22)14(11-13)18-17(23)12-15-20(19(18)24)25-30-21(15)27-8-6-26(7-9-27)5-2-10-28/h2-5,10-12H,6-9H2,1H3. The highest BCUT2D eigenvalue weighted by atomic mass is 79.9. The third kappa shape index (κ3) is 3.91. The lowest BCUT2D eigenvalue weighted by Gasteiger charge is -2.34. The van der Waals surface area contributed by atoms with Gasteiger partial charge in [0.05, 0.1) is 12.1 Å². The predicted octanol–water partition coefficient (Wildman–Crippen LogP) is 5.36. The number of nitrogens with zero attached hydrogens (tertiary/aromatic N) is 3. The molecular formula is C21H18BrClFN3O2S. The fraction of sp³-hybridized carbons (Fsp3) is 0.238. The average Bonchev–Trinajstić information content (AvgIpc) is 3.18. The van der Waals surface area contributed by atoms with Gasteiger partial charge in [-0.25, -0.2) is 4.39 Å². The SMILES string of the molecule is COc1ccc(Br)c(-c2c(Cl)cc3c(N4CCN(C=CC=O)CC4)snc3c2F)c1. The van der Waals surface area contributed by atoms with E-state index in [4.69, 9.17) is 16.3 Å². The summed E-state index contributed by atoms with van der Waals surface area (Å²) in [5, 5.41) is 1.94. The minimum absolute atomic E-state index is 0.301. The Morgan fingerprint density at radius 2 is 2.03 bits per heavy atom. The van der Waals surface area contributed by atoms with E-state index < -0.39 is 5.82 Å². The molecule has 2 heterocycles. The molecule has 0 atom stereocenters. The summed E-state index contributed by atoms with van der Waals surface area (Å²) in [4.78, 5) is 14.8. The van der Waals surface area contributed by atoms with E-state index in [1.54, 1.807) is 37.6 Å². The first-order chi connectivity index (χ1) is 14.5. The van der Waals surface area contributed by atoms with Gasteiger partial charge >= 0.3 is 0 Å². The van der Waals surface area contributed by atoms with Crippen LogP contribution in [0.3, 0.4) is 0 Å². The summed E-state index contributed by atoms with van der Waals surface area (Å²) in [6.07, 6.45) is 4.06. The Kier molecular flexibility index (Phi) is 6.26. The van der Waals surface area contributed by atoms with E-state index in [1.165, 1.54) is 17.6 Å². The predicted molar refractivity (Wildman–Crippen MR) is 123 cm³/mol. The van der Waals surface area contributed by atoms with E-state index in [0.29, 0.717) is 32.8 Å². The Balaban J connectivity index is 1.71. The number of carbonyl (C=O) groups is 1. The lowest BCUT2D eigenvalue weighted by molar-refractivity contribution is -0.104. The number of allylic oxidation sites excluding steroid dienone is 1. The van der Waals surface area contributed by atoms with Crippen LogP contribution in [0, 0.1) is 5.82 Å². The van der Waals surface area contributed by atoms with Gasteiger partial charge in [-0.05, 0) is 41.9 Å². The van der Waals surface area contributed by atoms with E-state index in [0.717, 1.165) is 41.9 Å². The maximum absolute atomic E-state index is 15.5. The van der Waals surface area contributed by atoms with Crippen LogP contribution in [0.5, 0.6) is 5.75 Å². The van der Waals surface area contributed by atoms with Crippen molar-refractivity contribution in [2.45, 2.75) is 0 Å². The summed E-state index contributed by atoms with van der Waals surface area (Å²) in [7, 11) is 1.56. The van der Waals surface area contributed by atoms with Crippen molar-refractivity contribution < 1.29 is 13.9 Å². The second-order valence-electron chi connectivity index (χ2n) is 6.78. The first-order valence-corrected chi connectivity index (χ1v) is 11.2. The molecule has 0 N–H and O–H groups in total. The minimum Gasteiger partial charge on any atom is -0.497 e. The van der Waals surface area contributed by atoms with Gasteiger partial charge in [0.2, 0.25) is 0 Å². The van der Waals surface area contributed by atoms with Crippen LogP contribution >= 0.6 is 39.1 Å². The molecule has 0 amide bonds. The van der Waals surface area contributed by atoms with Gasteiger partial charge < -0.3 is 14.5 Å². The number of halogens is 3. The number of hydrogen-bond acceptors (Lipinski definition) is 6. The smallest absolute Gasteiger partial charge is 0.159 e. The highest BCUT2D eigenvalue weighted by Gasteiger charge is 2.24. The Hall–Kier alpha value is -2.16. The maximum atomic E-state index is 15.5. The number of piperazine rings is 1. The summed E-state index contributed by atoms with van der Waals surface area (Å²) in [6, 6.07) is 7.14. The van der Waals surface area contributed by atoms with Crippen molar-refractivity contribution in [1.82, 2.24) is 9.27 Å². The molecule has 0 saturated carbocycles. The molecule has 1 aliphatic rings. The van der Waals surface area contributed by atoms with Gasteiger partial charge in [-0.15, -0.1) is 0 Å². The molecule has 156 valence electrons. The van der Waals surface area contributed by atoms with Gasteiger partial charge in [-0.1, -0.05) is 27.5 Å². The third-order valence-electron chi connectivity index (χ3n) is 5.07. The Morgan fingerprint density at radius 1 is 1.27 bits per heavy atom. The number of aldehydes is 1. The van der Waals surface area contributed by atoms with Crippen LogP contribution in [-0.4, -0.2) is 48.8 Å². The fourth-order valence-corrected chi connectivity index (χ4v) is 5.17. The molecule has 0 spiro atoms. The first-order valence-electron chi connectivity index (χ1n) is 9.25. The molecule has 1 fully saturated rings. The zero-order chi connectivity index (χ0) is 21.3. The summed E-state index contributed by atoms with van der Waals surface area (Å²) in [5.41, 5.74) is 1.23. The molecule has 1 aromatic heterocycles. The monoisotopic (exact) mass is 509 g/mol. The average molecular weight is 511 g/mol. The van der Waals surface area contributed by atoms with E-state index >= 15 is 4.39 Å². The van der Waals surface area contributed by atoms with Crippen LogP contribution in [0.2, 0.25) is 5.02 Å². The van der Waals surface area contributed by atoms with Crippen molar-refractivity contribution in [3.05, 3.63) is 51.9 Å². The maximum Gasteiger partial charge on any atom is 0.159 e. The second kappa shape index (κ2) is 8.91. The number of rotatable bonds is 5. The highest BCUT2D eigenvalue weighted by molar-refractivity contribution is 9.10. The third-order valence-corrected chi connectivity index (χ3v) is 6.98. The fourth-order valence-electron chi connectivity index (χ4n) is 3.53. The minimum atomic E-state index is -0.443. The topological polar surface area (TPSA) is 45.7 Å². The lowest BCUT2D eigenvalue weighted by atomic mass is 10.0. The van der Waals surface area contributed by atoms with Gasteiger partial charge in [0.15, 0.2) is 5.82 Å². The molecule has 5 nitrogen and oxygen atoms in total. The molecule has 0 bridgehead atoms. The van der Waals surface area contributed by atoms with Crippen molar-refractivity contribution in [2.24, 2.45) is 0 Å². The van der Waals surface area contributed by atoms with Crippen molar-refractivity contribution in [3.63, 3.8) is 0 Å². The quantitative estimate of drug-likeness (QED) is 0.341. The molecule has 1 aliphatic heterocycles. The van der Waals surface area contributed by atoms with Gasteiger partial charge in [0.25, 0.3) is 0 Å². The number of ether oxygens (including phenoxy) is 1. The van der Waals surface area contributed by atoms with Crippen molar-refractivity contribution in [2.75, 3.05) is 38.2 Å². The summed E-state index contributed by atoms with van der Waals surface area (Å²) < 4.78 is 26.0. The van der Waals surface area contributed by atoms with Crippen LogP contribution < -0.4 is 9.64 Å². The molecule has 2 aromatic carbocycles. The summed E-state index contributed by atoms with van der Waals surface area (Å²) in [6.45, 7) is 3.05. The van der Waals surface area contributed by atoms with Gasteiger partial charge in [0.1, 0.15) is 22.6 Å². The van der Waals surface area contributed by atoms with Gasteiger partial charge in [-0.3, -0.25) is 4.79 Å². The number of hydrogen-bond donors (Lipinski definition) is 0. The molecule has 3 aromatic rings. The van der Waals surface area contributed by atoms with E-state index in [-0.39, 0.29) is 0 Å². The highest BCUT2D eigenvalue weighted by Crippen LogP contribution is 2.43. The van der Waals surface area contributed by atoms with Crippen molar-refractivity contribution in [3.8, 4) is 16.9 Å². The van der Waals surface area contributed by atoms with Crippen LogP contribution in [0.1, 0.15) is 0 Å². The van der Waals surface area contributed by atoms with Crippen LogP contribution in [0.15, 0.2) is 41.0 Å². The Labute approximate surface area is 191 Å². The molecule has 0 unspecified atom stereocenters. The molecule has 30 heavy (non-hydrogen) atoms. The van der Waals surface area contributed by atoms with Crippen LogP contribution in [-0.2, 0) is 4.79 Å². The Bertz CT molecular complexity index is 1130. The number of benzene rings is 2. The number of fused-ring (bicyclic) bond motifs is 1. The van der Waals surface area contributed by atoms with Gasteiger partial charge in [-0.2, -0.15) is 4.37 Å². The lowest BCUT2D eigenvalue weighted by Crippen LogP contribution is -2.43. The van der Waals surface area contributed by atoms with Crippen LogP contribution in [0.4, 0.5) is 9.39 Å². The normalized spacial score (nSPS) is 14.7. The second-order valence-corrected chi connectivity index (χ2v) is 8.79. The van der Waals surface area contributed by atoms with Crippen LogP contribution in [0.25, 0.3) is 22.0 Å². The first kappa shape index (κ1) is 21.1. The van der Waals surface area contributed by atoms with Gasteiger partial charge in [0, 0.05) is 53.4 Å². The largest absolute Gasteiger partial charge is 0.497 e. The molecular weight excluding hydrogens is 493 g/mol. The zero-order valence-electron chi connectivity index (χ0n) is 16.1. The molecule has 9 heteroatoms.